The Morgan fingerprint density at radius 2 is 2.47 bits per heavy atom. The van der Waals surface area contributed by atoms with Crippen LogP contribution in [0.3, 0.4) is 0 Å². The van der Waals surface area contributed by atoms with Crippen LogP contribution in [-0.4, -0.2) is 47.7 Å². The number of nitrogens with zero attached hydrogens (tertiary/aromatic N) is 2. The summed E-state index contributed by atoms with van der Waals surface area (Å²) < 4.78 is 13.4. The van der Waals surface area contributed by atoms with Gasteiger partial charge in [-0.25, -0.2) is 0 Å². The highest BCUT2D eigenvalue weighted by molar-refractivity contribution is 7.99. The maximum Gasteiger partial charge on any atom is 0.161 e. The van der Waals surface area contributed by atoms with E-state index in [-0.39, 0.29) is 12.1 Å². The van der Waals surface area contributed by atoms with Gasteiger partial charge in [0.2, 0.25) is 0 Å². The van der Waals surface area contributed by atoms with E-state index in [1.807, 2.05) is 16.4 Å². The molecule has 1 aliphatic rings. The van der Waals surface area contributed by atoms with Crippen LogP contribution in [0.1, 0.15) is 25.6 Å². The second-order valence-corrected chi connectivity index (χ2v) is 5.58. The zero-order chi connectivity index (χ0) is 13.7. The van der Waals surface area contributed by atoms with Gasteiger partial charge in [0, 0.05) is 18.1 Å². The smallest absolute Gasteiger partial charge is 0.161 e. The highest BCUT2D eigenvalue weighted by Crippen LogP contribution is 2.31. The van der Waals surface area contributed by atoms with Gasteiger partial charge >= 0.3 is 0 Å². The first-order chi connectivity index (χ1) is 9.31. The summed E-state index contributed by atoms with van der Waals surface area (Å²) in [4.78, 5) is 0. The van der Waals surface area contributed by atoms with Crippen molar-refractivity contribution >= 4 is 11.8 Å². The molecule has 1 saturated heterocycles. The quantitative estimate of drug-likeness (QED) is 0.862. The molecule has 2 unspecified atom stereocenters. The molecule has 1 aliphatic heterocycles. The van der Waals surface area contributed by atoms with Gasteiger partial charge in [-0.3, -0.25) is 4.68 Å². The third kappa shape index (κ3) is 3.24. The number of methoxy groups -OCH3 is 1. The number of ether oxygens (including phenoxy) is 2. The van der Waals surface area contributed by atoms with Gasteiger partial charge < -0.3 is 14.8 Å². The Hall–Kier alpha value is -0.720. The molecule has 0 bridgehead atoms. The summed E-state index contributed by atoms with van der Waals surface area (Å²) in [6, 6.07) is 0.134. The van der Waals surface area contributed by atoms with Gasteiger partial charge in [0.15, 0.2) is 5.75 Å². The highest BCUT2D eigenvalue weighted by Gasteiger charge is 2.31. The average Bonchev–Trinajstić information content (AvgIpc) is 2.88. The zero-order valence-corrected chi connectivity index (χ0v) is 12.7. The van der Waals surface area contributed by atoms with Crippen molar-refractivity contribution in [1.29, 1.82) is 0 Å². The molecular weight excluding hydrogens is 262 g/mol. The van der Waals surface area contributed by atoms with Crippen LogP contribution >= 0.6 is 11.8 Å². The van der Waals surface area contributed by atoms with E-state index in [1.165, 1.54) is 0 Å². The Labute approximate surface area is 119 Å². The van der Waals surface area contributed by atoms with E-state index in [4.69, 9.17) is 9.47 Å². The summed E-state index contributed by atoms with van der Waals surface area (Å²) in [5, 5.41) is 7.92. The van der Waals surface area contributed by atoms with Crippen LogP contribution in [0.4, 0.5) is 0 Å². The molecule has 2 rings (SSSR count). The minimum atomic E-state index is 0.134. The van der Waals surface area contributed by atoms with Crippen molar-refractivity contribution in [3.05, 3.63) is 11.9 Å². The fourth-order valence-corrected chi connectivity index (χ4v) is 3.33. The van der Waals surface area contributed by atoms with Gasteiger partial charge in [-0.15, -0.1) is 0 Å². The van der Waals surface area contributed by atoms with Gasteiger partial charge in [-0.05, 0) is 13.5 Å². The fraction of sp³-hybridized carbons (Fsp3) is 0.769. The molecule has 0 saturated carbocycles. The first-order valence-corrected chi connectivity index (χ1v) is 7.99. The summed E-state index contributed by atoms with van der Waals surface area (Å²) >= 11 is 1.95. The minimum absolute atomic E-state index is 0.134. The largest absolute Gasteiger partial charge is 0.493 e. The van der Waals surface area contributed by atoms with Crippen LogP contribution in [0.25, 0.3) is 0 Å². The lowest BCUT2D eigenvalue weighted by atomic mass is 10.1. The van der Waals surface area contributed by atoms with Crippen LogP contribution in [0.5, 0.6) is 5.75 Å². The van der Waals surface area contributed by atoms with Gasteiger partial charge in [0.05, 0.1) is 37.8 Å². The SMILES string of the molecule is CCNC(c1c(OC)cnn1CC)C1CSCCO1. The van der Waals surface area contributed by atoms with Crippen molar-refractivity contribution in [2.24, 2.45) is 0 Å². The van der Waals surface area contributed by atoms with Crippen molar-refractivity contribution < 1.29 is 9.47 Å². The first-order valence-electron chi connectivity index (χ1n) is 6.84. The number of hydrogen-bond acceptors (Lipinski definition) is 5. The maximum absolute atomic E-state index is 5.94. The molecule has 1 N–H and O–H groups in total. The van der Waals surface area contributed by atoms with E-state index < -0.39 is 0 Å². The van der Waals surface area contributed by atoms with Crippen LogP contribution in [-0.2, 0) is 11.3 Å². The molecule has 108 valence electrons. The average molecular weight is 285 g/mol. The molecule has 0 aromatic carbocycles. The zero-order valence-electron chi connectivity index (χ0n) is 11.9. The molecule has 19 heavy (non-hydrogen) atoms. The van der Waals surface area contributed by atoms with Crippen molar-refractivity contribution in [1.82, 2.24) is 15.1 Å². The van der Waals surface area contributed by atoms with E-state index in [9.17, 15) is 0 Å². The predicted octanol–water partition coefficient (Wildman–Crippen LogP) is 1.69. The number of hydrogen-bond donors (Lipinski definition) is 1. The molecule has 5 nitrogen and oxygen atoms in total. The van der Waals surface area contributed by atoms with Gasteiger partial charge in [-0.2, -0.15) is 16.9 Å². The van der Waals surface area contributed by atoms with Crippen molar-refractivity contribution in [3.8, 4) is 5.75 Å². The number of thioether (sulfide) groups is 1. The Kier molecular flexibility index (Phi) is 5.54. The summed E-state index contributed by atoms with van der Waals surface area (Å²) in [5.41, 5.74) is 1.10. The summed E-state index contributed by atoms with van der Waals surface area (Å²) in [5.74, 6) is 2.93. The van der Waals surface area contributed by atoms with E-state index in [1.54, 1.807) is 13.3 Å². The monoisotopic (exact) mass is 285 g/mol. The van der Waals surface area contributed by atoms with Crippen LogP contribution < -0.4 is 10.1 Å². The van der Waals surface area contributed by atoms with Crippen LogP contribution in [0, 0.1) is 0 Å². The van der Waals surface area contributed by atoms with E-state index >= 15 is 0 Å². The molecule has 1 fully saturated rings. The lowest BCUT2D eigenvalue weighted by molar-refractivity contribution is 0.0442. The number of likely N-dealkylation sites (N-methyl/N-ethyl adjacent to an activating group) is 1. The predicted molar refractivity (Wildman–Crippen MR) is 77.9 cm³/mol. The Morgan fingerprint density at radius 3 is 3.05 bits per heavy atom. The second-order valence-electron chi connectivity index (χ2n) is 4.43. The normalized spacial score (nSPS) is 21.3. The van der Waals surface area contributed by atoms with Crippen molar-refractivity contribution in [2.45, 2.75) is 32.5 Å². The molecule has 1 aromatic rings. The molecule has 6 heteroatoms. The van der Waals surface area contributed by atoms with Crippen molar-refractivity contribution in [3.63, 3.8) is 0 Å². The lowest BCUT2D eigenvalue weighted by Gasteiger charge is -2.31. The van der Waals surface area contributed by atoms with Gasteiger partial charge in [0.25, 0.3) is 0 Å². The fourth-order valence-electron chi connectivity index (χ4n) is 2.42. The lowest BCUT2D eigenvalue weighted by Crippen LogP contribution is -2.39. The summed E-state index contributed by atoms with van der Waals surface area (Å²) in [6.45, 7) is 6.75. The molecule has 1 aromatic heterocycles. The highest BCUT2D eigenvalue weighted by atomic mass is 32.2. The minimum Gasteiger partial charge on any atom is -0.493 e. The van der Waals surface area contributed by atoms with Crippen molar-refractivity contribution in [2.75, 3.05) is 31.8 Å². The molecule has 0 radical (unpaired) electrons. The maximum atomic E-state index is 5.94. The number of aromatic nitrogens is 2. The van der Waals surface area contributed by atoms with E-state index in [0.29, 0.717) is 0 Å². The van der Waals surface area contributed by atoms with E-state index in [0.717, 1.165) is 42.6 Å². The number of nitrogens with one attached hydrogen (secondary N) is 1. The summed E-state index contributed by atoms with van der Waals surface area (Å²) in [7, 11) is 1.69. The third-order valence-corrected chi connectivity index (χ3v) is 4.32. The second kappa shape index (κ2) is 7.17. The molecular formula is C13H23N3O2S. The summed E-state index contributed by atoms with van der Waals surface area (Å²) in [6.07, 6.45) is 1.97. The van der Waals surface area contributed by atoms with Gasteiger partial charge in [0.1, 0.15) is 0 Å². The standard InChI is InChI=1S/C13H23N3O2S/c1-4-14-12(11-9-19-7-6-18-11)13-10(17-3)8-15-16(13)5-2/h8,11-12,14H,4-7,9H2,1-3H3. The van der Waals surface area contributed by atoms with E-state index in [2.05, 4.69) is 24.3 Å². The Bertz CT molecular complexity index is 370. The molecule has 0 aliphatic carbocycles. The molecule has 0 spiro atoms. The molecule has 0 amide bonds. The Balaban J connectivity index is 2.28. The topological polar surface area (TPSA) is 48.3 Å². The number of aryl methyl sites for hydroxylation is 1. The molecule has 2 heterocycles. The molecule has 2 atom stereocenters. The Morgan fingerprint density at radius 1 is 1.63 bits per heavy atom. The van der Waals surface area contributed by atoms with Crippen LogP contribution in [0.2, 0.25) is 0 Å². The van der Waals surface area contributed by atoms with Crippen LogP contribution in [0.15, 0.2) is 6.20 Å². The van der Waals surface area contributed by atoms with Gasteiger partial charge in [-0.1, -0.05) is 6.92 Å². The first kappa shape index (κ1) is 14.7. The third-order valence-electron chi connectivity index (χ3n) is 3.30. The number of rotatable bonds is 6.